The van der Waals surface area contributed by atoms with Gasteiger partial charge in [-0.3, -0.25) is 14.9 Å². The summed E-state index contributed by atoms with van der Waals surface area (Å²) >= 11 is 0. The largest absolute Gasteiger partial charge is 0.340 e. The second kappa shape index (κ2) is 6.71. The van der Waals surface area contributed by atoms with Gasteiger partial charge in [-0.15, -0.1) is 0 Å². The Morgan fingerprint density at radius 1 is 1.14 bits per heavy atom. The van der Waals surface area contributed by atoms with Crippen molar-refractivity contribution >= 4 is 39.1 Å². The number of Topliss-reactive ketones (excluding diaryl/α,β-unsaturated/α-hetero) is 1. The van der Waals surface area contributed by atoms with Crippen molar-refractivity contribution in [2.45, 2.75) is 26.2 Å². The molecule has 5 rings (SSSR count). The number of aromatic amines is 1. The third-order valence-electron chi connectivity index (χ3n) is 5.57. The van der Waals surface area contributed by atoms with Gasteiger partial charge in [-0.05, 0) is 60.4 Å². The summed E-state index contributed by atoms with van der Waals surface area (Å²) in [7, 11) is 0. The zero-order valence-corrected chi connectivity index (χ0v) is 15.6. The maximum absolute atomic E-state index is 12.8. The van der Waals surface area contributed by atoms with Gasteiger partial charge >= 0.3 is 0 Å². The Balaban J connectivity index is 1.43. The van der Waals surface area contributed by atoms with Gasteiger partial charge in [0, 0.05) is 29.9 Å². The molecule has 140 valence electrons. The van der Waals surface area contributed by atoms with E-state index in [1.807, 2.05) is 36.4 Å². The summed E-state index contributed by atoms with van der Waals surface area (Å²) < 4.78 is 0. The monoisotopic (exact) mass is 371 g/mol. The quantitative estimate of drug-likeness (QED) is 0.489. The number of aromatic nitrogens is 4. The van der Waals surface area contributed by atoms with Crippen LogP contribution < -0.4 is 5.32 Å². The lowest BCUT2D eigenvalue weighted by atomic mass is 9.73. The average Bonchev–Trinajstić information content (AvgIpc) is 3.09. The van der Waals surface area contributed by atoms with Crippen molar-refractivity contribution < 1.29 is 4.79 Å². The predicted octanol–water partition coefficient (Wildman–Crippen LogP) is 4.87. The number of ketones is 1. The highest BCUT2D eigenvalue weighted by atomic mass is 16.1. The maximum Gasteiger partial charge on any atom is 0.183 e. The van der Waals surface area contributed by atoms with Crippen LogP contribution in [0.4, 0.5) is 11.5 Å². The molecule has 1 aromatic carbocycles. The number of carbonyl (C=O) groups excluding carboxylic acids is 1. The Labute approximate surface area is 162 Å². The molecular weight excluding hydrogens is 350 g/mol. The number of carbonyl (C=O) groups is 1. The van der Waals surface area contributed by atoms with Crippen molar-refractivity contribution in [1.82, 2.24) is 20.2 Å². The lowest BCUT2D eigenvalue weighted by Gasteiger charge is -2.32. The first-order valence-corrected chi connectivity index (χ1v) is 9.65. The van der Waals surface area contributed by atoms with Gasteiger partial charge in [0.1, 0.15) is 11.5 Å². The minimum atomic E-state index is 0.147. The van der Waals surface area contributed by atoms with Crippen LogP contribution in [0.25, 0.3) is 21.8 Å². The van der Waals surface area contributed by atoms with Crippen molar-refractivity contribution in [3.8, 4) is 0 Å². The van der Waals surface area contributed by atoms with Gasteiger partial charge < -0.3 is 5.32 Å². The Morgan fingerprint density at radius 3 is 2.89 bits per heavy atom. The Hall–Kier alpha value is -3.28. The summed E-state index contributed by atoms with van der Waals surface area (Å²) in [5.74, 6) is 2.21. The summed E-state index contributed by atoms with van der Waals surface area (Å²) in [5, 5.41) is 13.4. The molecule has 6 nitrogen and oxygen atoms in total. The summed E-state index contributed by atoms with van der Waals surface area (Å²) in [5.41, 5.74) is 2.17. The van der Waals surface area contributed by atoms with Crippen LogP contribution in [0.1, 0.15) is 36.7 Å². The number of pyridine rings is 2. The zero-order chi connectivity index (χ0) is 19.1. The summed E-state index contributed by atoms with van der Waals surface area (Å²) in [6.07, 6.45) is 6.34. The molecule has 0 spiro atoms. The molecule has 3 heterocycles. The number of anilines is 2. The molecule has 0 atom stereocenters. The fraction of sp³-hybridized carbons (Fsp3) is 0.273. The van der Waals surface area contributed by atoms with Gasteiger partial charge in [0.15, 0.2) is 11.4 Å². The molecule has 28 heavy (non-hydrogen) atoms. The lowest BCUT2D eigenvalue weighted by Crippen LogP contribution is -2.24. The Bertz CT molecular complexity index is 1180. The van der Waals surface area contributed by atoms with E-state index >= 15 is 0 Å². The van der Waals surface area contributed by atoms with Gasteiger partial charge in [-0.25, -0.2) is 4.98 Å². The van der Waals surface area contributed by atoms with E-state index in [1.165, 1.54) is 0 Å². The van der Waals surface area contributed by atoms with Gasteiger partial charge in [-0.2, -0.15) is 5.10 Å². The second-order valence-corrected chi connectivity index (χ2v) is 7.76. The molecule has 4 aromatic rings. The number of H-pyrrole nitrogens is 1. The fourth-order valence-electron chi connectivity index (χ4n) is 4.16. The van der Waals surface area contributed by atoms with E-state index < -0.39 is 0 Å². The summed E-state index contributed by atoms with van der Waals surface area (Å²) in [4.78, 5) is 21.4. The lowest BCUT2D eigenvalue weighted by molar-refractivity contribution is 0.0902. The van der Waals surface area contributed by atoms with Crippen LogP contribution >= 0.6 is 0 Å². The molecule has 0 aliphatic heterocycles. The Kier molecular flexibility index (Phi) is 4.04. The minimum Gasteiger partial charge on any atom is -0.340 e. The molecule has 6 heteroatoms. The first-order chi connectivity index (χ1) is 13.7. The number of rotatable bonds is 5. The van der Waals surface area contributed by atoms with Crippen LogP contribution in [-0.4, -0.2) is 25.9 Å². The zero-order valence-electron chi connectivity index (χ0n) is 15.6. The van der Waals surface area contributed by atoms with E-state index in [1.54, 1.807) is 12.4 Å². The van der Waals surface area contributed by atoms with Crippen molar-refractivity contribution in [1.29, 1.82) is 0 Å². The molecule has 0 unspecified atom stereocenters. The van der Waals surface area contributed by atoms with Crippen LogP contribution in [0.3, 0.4) is 0 Å². The average molecular weight is 371 g/mol. The number of benzene rings is 1. The van der Waals surface area contributed by atoms with E-state index in [0.717, 1.165) is 46.4 Å². The number of fused-ring (bicyclic) bond motifs is 2. The molecule has 1 saturated carbocycles. The smallest absolute Gasteiger partial charge is 0.183 e. The highest BCUT2D eigenvalue weighted by Crippen LogP contribution is 2.36. The third kappa shape index (κ3) is 3.01. The van der Waals surface area contributed by atoms with Crippen LogP contribution in [0.5, 0.6) is 0 Å². The van der Waals surface area contributed by atoms with Gasteiger partial charge in [0.05, 0.1) is 5.39 Å². The van der Waals surface area contributed by atoms with Gasteiger partial charge in [-0.1, -0.05) is 13.0 Å². The molecule has 1 fully saturated rings. The van der Waals surface area contributed by atoms with E-state index in [2.05, 4.69) is 32.4 Å². The van der Waals surface area contributed by atoms with Crippen molar-refractivity contribution in [2.24, 2.45) is 11.8 Å². The van der Waals surface area contributed by atoms with Crippen LogP contribution in [0.2, 0.25) is 0 Å². The van der Waals surface area contributed by atoms with Crippen LogP contribution in [0.15, 0.2) is 48.8 Å². The van der Waals surface area contributed by atoms with E-state index in [0.29, 0.717) is 23.7 Å². The summed E-state index contributed by atoms with van der Waals surface area (Å²) in [6, 6.07) is 11.8. The molecule has 0 amide bonds. The second-order valence-electron chi connectivity index (χ2n) is 7.76. The first-order valence-electron chi connectivity index (χ1n) is 9.65. The first kappa shape index (κ1) is 16.9. The molecular formula is C22H21N5O. The minimum absolute atomic E-state index is 0.147. The fourth-order valence-corrected chi connectivity index (χ4v) is 4.16. The topological polar surface area (TPSA) is 83.6 Å². The van der Waals surface area contributed by atoms with E-state index in [9.17, 15) is 4.79 Å². The number of nitrogens with one attached hydrogen (secondary N) is 2. The predicted molar refractivity (Wildman–Crippen MR) is 110 cm³/mol. The number of nitrogens with zero attached hydrogens (tertiary/aromatic N) is 3. The molecule has 0 saturated heterocycles. The number of hydrogen-bond acceptors (Lipinski definition) is 5. The maximum atomic E-state index is 12.8. The van der Waals surface area contributed by atoms with Crippen LogP contribution in [-0.2, 0) is 0 Å². The molecule has 3 aromatic heterocycles. The Morgan fingerprint density at radius 2 is 2.04 bits per heavy atom. The standard InChI is InChI=1S/C22H21N5O/c1-13-9-14(10-13)11-19(28)20-17-5-4-16(12-15(17)6-8-23-20)25-22-18-3-2-7-24-21(18)26-27-22/h2-8,12-14H,9-11H2,1H3,(H2,24,25,26,27). The van der Waals surface area contributed by atoms with E-state index in [-0.39, 0.29) is 5.78 Å². The normalized spacial score (nSPS) is 18.9. The van der Waals surface area contributed by atoms with Crippen molar-refractivity contribution in [3.05, 3.63) is 54.5 Å². The molecule has 0 radical (unpaired) electrons. The van der Waals surface area contributed by atoms with Crippen molar-refractivity contribution in [3.63, 3.8) is 0 Å². The highest BCUT2D eigenvalue weighted by molar-refractivity contribution is 6.07. The third-order valence-corrected chi connectivity index (χ3v) is 5.57. The SMILES string of the molecule is CC1CC(CC(=O)c2nccc3cc(Nc4[nH]nc5ncccc45)ccc23)C1. The van der Waals surface area contributed by atoms with Gasteiger partial charge in [0.25, 0.3) is 0 Å². The molecule has 0 bridgehead atoms. The van der Waals surface area contributed by atoms with E-state index in [4.69, 9.17) is 0 Å². The molecule has 1 aliphatic carbocycles. The van der Waals surface area contributed by atoms with Gasteiger partial charge in [0.2, 0.25) is 0 Å². The molecule has 1 aliphatic rings. The highest BCUT2D eigenvalue weighted by Gasteiger charge is 2.28. The van der Waals surface area contributed by atoms with Crippen molar-refractivity contribution in [2.75, 3.05) is 5.32 Å². The van der Waals surface area contributed by atoms with Crippen LogP contribution in [0, 0.1) is 11.8 Å². The number of hydrogen-bond donors (Lipinski definition) is 2. The summed E-state index contributed by atoms with van der Waals surface area (Å²) in [6.45, 7) is 2.24. The molecule has 2 N–H and O–H groups in total.